The Morgan fingerprint density at radius 2 is 1.96 bits per heavy atom. The van der Waals surface area contributed by atoms with Gasteiger partial charge >= 0.3 is 0 Å². The van der Waals surface area contributed by atoms with Gasteiger partial charge in [-0.15, -0.1) is 0 Å². The van der Waals surface area contributed by atoms with Crippen LogP contribution in [0.5, 0.6) is 0 Å². The smallest absolute Gasteiger partial charge is 0.223 e. The summed E-state index contributed by atoms with van der Waals surface area (Å²) in [7, 11) is 0. The molecule has 7 nitrogen and oxygen atoms in total. The zero-order valence-corrected chi connectivity index (χ0v) is 16.2. The van der Waals surface area contributed by atoms with Crippen LogP contribution in [0.4, 0.5) is 0 Å². The highest BCUT2D eigenvalue weighted by molar-refractivity contribution is 5.84. The molecule has 150 valence electrons. The fourth-order valence-corrected chi connectivity index (χ4v) is 4.75. The molecule has 2 saturated heterocycles. The summed E-state index contributed by atoms with van der Waals surface area (Å²) in [5.74, 6) is 0.270. The molecule has 3 fully saturated rings. The van der Waals surface area contributed by atoms with Crippen LogP contribution in [0, 0.1) is 22.7 Å². The van der Waals surface area contributed by atoms with E-state index in [1.165, 1.54) is 19.3 Å². The van der Waals surface area contributed by atoms with Gasteiger partial charge in [0.05, 0.1) is 30.7 Å². The van der Waals surface area contributed by atoms with E-state index in [1.807, 2.05) is 0 Å². The standard InChI is InChI=1S/C20H32N4O3/c21-14-20(8-9-22-15-20)19(16-4-2-1-3-5-16)23-17(25)6-7-18(26)24-10-12-27-13-11-24/h16,19,22H,1-13,15H2,(H,23,25)/t19-,20-/m1/s1. The third-order valence-corrected chi connectivity index (χ3v) is 6.37. The number of morpholine rings is 1. The normalized spacial score (nSPS) is 27.7. The van der Waals surface area contributed by atoms with Crippen LogP contribution in [0.3, 0.4) is 0 Å². The fourth-order valence-electron chi connectivity index (χ4n) is 4.75. The maximum atomic E-state index is 12.7. The van der Waals surface area contributed by atoms with Crippen molar-refractivity contribution in [1.29, 1.82) is 5.26 Å². The molecule has 0 bridgehead atoms. The summed E-state index contributed by atoms with van der Waals surface area (Å²) in [6.07, 6.45) is 6.90. The van der Waals surface area contributed by atoms with Gasteiger partial charge in [-0.1, -0.05) is 19.3 Å². The molecule has 7 heteroatoms. The molecule has 2 aliphatic heterocycles. The lowest BCUT2D eigenvalue weighted by atomic mass is 9.70. The van der Waals surface area contributed by atoms with Crippen molar-refractivity contribution in [2.75, 3.05) is 39.4 Å². The second-order valence-electron chi connectivity index (χ2n) is 8.13. The molecule has 3 rings (SSSR count). The maximum Gasteiger partial charge on any atom is 0.223 e. The van der Waals surface area contributed by atoms with E-state index >= 15 is 0 Å². The number of carbonyl (C=O) groups excluding carboxylic acids is 2. The van der Waals surface area contributed by atoms with E-state index in [9.17, 15) is 14.9 Å². The van der Waals surface area contributed by atoms with Crippen molar-refractivity contribution in [3.8, 4) is 6.07 Å². The molecule has 1 aliphatic carbocycles. The Kier molecular flexibility index (Phi) is 7.08. The molecular weight excluding hydrogens is 344 g/mol. The molecule has 3 aliphatic rings. The van der Waals surface area contributed by atoms with Crippen LogP contribution in [0.2, 0.25) is 0 Å². The maximum absolute atomic E-state index is 12.7. The minimum atomic E-state index is -0.522. The molecule has 2 atom stereocenters. The molecule has 0 aromatic rings. The van der Waals surface area contributed by atoms with Gasteiger partial charge in [0.1, 0.15) is 0 Å². The predicted molar refractivity (Wildman–Crippen MR) is 101 cm³/mol. The first-order valence-corrected chi connectivity index (χ1v) is 10.4. The lowest BCUT2D eigenvalue weighted by Crippen LogP contribution is -2.53. The first-order valence-electron chi connectivity index (χ1n) is 10.4. The van der Waals surface area contributed by atoms with E-state index in [2.05, 4.69) is 16.7 Å². The lowest BCUT2D eigenvalue weighted by molar-refractivity contribution is -0.137. The molecule has 0 aromatic carbocycles. The van der Waals surface area contributed by atoms with E-state index < -0.39 is 5.41 Å². The van der Waals surface area contributed by atoms with Crippen LogP contribution < -0.4 is 10.6 Å². The zero-order valence-electron chi connectivity index (χ0n) is 16.2. The molecule has 0 radical (unpaired) electrons. The summed E-state index contributed by atoms with van der Waals surface area (Å²) >= 11 is 0. The van der Waals surface area contributed by atoms with E-state index in [1.54, 1.807) is 4.90 Å². The highest BCUT2D eigenvalue weighted by Crippen LogP contribution is 2.38. The van der Waals surface area contributed by atoms with E-state index in [4.69, 9.17) is 4.74 Å². The number of rotatable bonds is 6. The summed E-state index contributed by atoms with van der Waals surface area (Å²) in [5, 5.41) is 16.4. The quantitative estimate of drug-likeness (QED) is 0.726. The minimum Gasteiger partial charge on any atom is -0.378 e. The van der Waals surface area contributed by atoms with E-state index in [0.717, 1.165) is 25.8 Å². The van der Waals surface area contributed by atoms with Crippen molar-refractivity contribution >= 4 is 11.8 Å². The Labute approximate surface area is 161 Å². The minimum absolute atomic E-state index is 0.0141. The summed E-state index contributed by atoms with van der Waals surface area (Å²) in [6.45, 7) is 3.81. The number of nitrogens with zero attached hydrogens (tertiary/aromatic N) is 2. The van der Waals surface area contributed by atoms with Crippen LogP contribution in [-0.2, 0) is 14.3 Å². The Morgan fingerprint density at radius 1 is 1.22 bits per heavy atom. The topological polar surface area (TPSA) is 94.5 Å². The molecule has 0 spiro atoms. The Hall–Kier alpha value is -1.65. The number of carbonyl (C=O) groups is 2. The van der Waals surface area contributed by atoms with E-state index in [0.29, 0.717) is 38.8 Å². The Morgan fingerprint density at radius 3 is 2.59 bits per heavy atom. The monoisotopic (exact) mass is 376 g/mol. The molecule has 27 heavy (non-hydrogen) atoms. The van der Waals surface area contributed by atoms with Gasteiger partial charge in [0, 0.05) is 32.5 Å². The SMILES string of the molecule is N#C[C@]1([C@H](NC(=O)CCC(=O)N2CCOCC2)C2CCCCC2)CCNC1. The lowest BCUT2D eigenvalue weighted by Gasteiger charge is -2.39. The number of ether oxygens (including phenoxy) is 1. The van der Waals surface area contributed by atoms with Crippen molar-refractivity contribution in [1.82, 2.24) is 15.5 Å². The highest BCUT2D eigenvalue weighted by atomic mass is 16.5. The van der Waals surface area contributed by atoms with Gasteiger partial charge in [-0.05, 0) is 31.7 Å². The van der Waals surface area contributed by atoms with Crippen LogP contribution in [0.15, 0.2) is 0 Å². The predicted octanol–water partition coefficient (Wildman–Crippen LogP) is 1.19. The zero-order chi connectivity index (χ0) is 19.1. The molecular formula is C20H32N4O3. The number of amides is 2. The molecule has 1 saturated carbocycles. The summed E-state index contributed by atoms with van der Waals surface area (Å²) in [4.78, 5) is 26.7. The van der Waals surface area contributed by atoms with Gasteiger partial charge in [-0.2, -0.15) is 5.26 Å². The molecule has 0 aromatic heterocycles. The molecule has 2 amide bonds. The first kappa shape index (κ1) is 20.1. The third-order valence-electron chi connectivity index (χ3n) is 6.37. The van der Waals surface area contributed by atoms with Gasteiger partial charge in [0.25, 0.3) is 0 Å². The Bertz CT molecular complexity index is 556. The molecule has 2 heterocycles. The van der Waals surface area contributed by atoms with Crippen LogP contribution in [-0.4, -0.2) is 62.1 Å². The van der Waals surface area contributed by atoms with Gasteiger partial charge in [-0.3, -0.25) is 9.59 Å². The van der Waals surface area contributed by atoms with Crippen molar-refractivity contribution in [2.45, 2.75) is 57.4 Å². The van der Waals surface area contributed by atoms with E-state index in [-0.39, 0.29) is 30.7 Å². The Balaban J connectivity index is 1.58. The number of hydrogen-bond donors (Lipinski definition) is 2. The molecule has 2 N–H and O–H groups in total. The fraction of sp³-hybridized carbons (Fsp3) is 0.850. The van der Waals surface area contributed by atoms with Crippen LogP contribution in [0.1, 0.15) is 51.4 Å². The van der Waals surface area contributed by atoms with Gasteiger partial charge in [0.15, 0.2) is 0 Å². The molecule has 0 unspecified atom stereocenters. The average molecular weight is 377 g/mol. The number of hydrogen-bond acceptors (Lipinski definition) is 5. The summed E-state index contributed by atoms with van der Waals surface area (Å²) in [5.41, 5.74) is -0.522. The van der Waals surface area contributed by atoms with Crippen molar-refractivity contribution in [2.24, 2.45) is 11.3 Å². The van der Waals surface area contributed by atoms with Gasteiger partial charge in [-0.25, -0.2) is 0 Å². The summed E-state index contributed by atoms with van der Waals surface area (Å²) in [6, 6.07) is 2.41. The average Bonchev–Trinajstić information content (AvgIpc) is 3.21. The van der Waals surface area contributed by atoms with Crippen molar-refractivity contribution in [3.05, 3.63) is 0 Å². The second-order valence-corrected chi connectivity index (χ2v) is 8.13. The van der Waals surface area contributed by atoms with Crippen LogP contribution >= 0.6 is 0 Å². The first-order chi connectivity index (χ1) is 13.1. The van der Waals surface area contributed by atoms with Gasteiger partial charge < -0.3 is 20.3 Å². The van der Waals surface area contributed by atoms with Gasteiger partial charge in [0.2, 0.25) is 11.8 Å². The number of nitrogens with one attached hydrogen (secondary N) is 2. The summed E-state index contributed by atoms with van der Waals surface area (Å²) < 4.78 is 5.27. The largest absolute Gasteiger partial charge is 0.378 e. The van der Waals surface area contributed by atoms with Crippen LogP contribution in [0.25, 0.3) is 0 Å². The second kappa shape index (κ2) is 9.52. The highest BCUT2D eigenvalue weighted by Gasteiger charge is 2.46. The number of nitriles is 1. The third kappa shape index (κ3) is 4.99. The van der Waals surface area contributed by atoms with Crippen molar-refractivity contribution in [3.63, 3.8) is 0 Å². The van der Waals surface area contributed by atoms with Crippen molar-refractivity contribution < 1.29 is 14.3 Å².